The molecule has 1 fully saturated rings. The number of carbonyl (C=O) groups excluding carboxylic acids is 2. The highest BCUT2D eigenvalue weighted by Gasteiger charge is 2.23. The normalized spacial score (nSPS) is 13.4. The van der Waals surface area contributed by atoms with Crippen molar-refractivity contribution in [2.24, 2.45) is 0 Å². The lowest BCUT2D eigenvalue weighted by molar-refractivity contribution is -0.120. The van der Waals surface area contributed by atoms with Gasteiger partial charge in [0.15, 0.2) is 0 Å². The van der Waals surface area contributed by atoms with Crippen LogP contribution in [0.25, 0.3) is 0 Å². The van der Waals surface area contributed by atoms with Crippen LogP contribution < -0.4 is 20.7 Å². The number of amides is 3. The Morgan fingerprint density at radius 1 is 1.19 bits per heavy atom. The number of nitrogens with one attached hydrogen (secondary N) is 3. The van der Waals surface area contributed by atoms with Crippen LogP contribution in [0.5, 0.6) is 5.75 Å². The van der Waals surface area contributed by atoms with Gasteiger partial charge < -0.3 is 20.7 Å². The van der Waals surface area contributed by atoms with E-state index in [-0.39, 0.29) is 18.5 Å². The molecule has 6 nitrogen and oxygen atoms in total. The zero-order valence-electron chi connectivity index (χ0n) is 12.1. The Hall–Kier alpha value is -2.24. The summed E-state index contributed by atoms with van der Waals surface area (Å²) in [5.41, 5.74) is 1.12. The van der Waals surface area contributed by atoms with E-state index in [1.807, 2.05) is 24.3 Å². The Bertz CT molecular complexity index is 483. The summed E-state index contributed by atoms with van der Waals surface area (Å²) >= 11 is 0. The number of ether oxygens (including phenoxy) is 1. The van der Waals surface area contributed by atoms with Crippen LogP contribution in [-0.4, -0.2) is 38.2 Å². The largest absolute Gasteiger partial charge is 0.497 e. The van der Waals surface area contributed by atoms with Crippen molar-refractivity contribution < 1.29 is 14.3 Å². The first-order valence-corrected chi connectivity index (χ1v) is 7.11. The third kappa shape index (κ3) is 5.72. The molecular weight excluding hydrogens is 270 g/mol. The molecule has 0 spiro atoms. The fourth-order valence-electron chi connectivity index (χ4n) is 1.83. The number of urea groups is 1. The van der Waals surface area contributed by atoms with Crippen LogP contribution in [0.15, 0.2) is 24.3 Å². The summed E-state index contributed by atoms with van der Waals surface area (Å²) in [5, 5.41) is 8.07. The highest BCUT2D eigenvalue weighted by atomic mass is 16.5. The van der Waals surface area contributed by atoms with Crippen molar-refractivity contribution in [1.82, 2.24) is 16.0 Å². The van der Waals surface area contributed by atoms with Crippen molar-refractivity contribution in [3.05, 3.63) is 29.8 Å². The molecule has 1 aromatic carbocycles. The minimum Gasteiger partial charge on any atom is -0.497 e. The van der Waals surface area contributed by atoms with Crippen molar-refractivity contribution in [3.8, 4) is 5.75 Å². The van der Waals surface area contributed by atoms with Gasteiger partial charge in [0.25, 0.3) is 0 Å². The van der Waals surface area contributed by atoms with Crippen LogP contribution in [0.1, 0.15) is 18.4 Å². The van der Waals surface area contributed by atoms with Gasteiger partial charge in [-0.25, -0.2) is 4.79 Å². The minimum absolute atomic E-state index is 0.00116. The number of hydrogen-bond donors (Lipinski definition) is 3. The molecule has 0 aliphatic heterocycles. The molecule has 21 heavy (non-hydrogen) atoms. The van der Waals surface area contributed by atoms with E-state index in [4.69, 9.17) is 4.74 Å². The molecule has 1 aliphatic carbocycles. The lowest BCUT2D eigenvalue weighted by Crippen LogP contribution is -2.43. The van der Waals surface area contributed by atoms with Crippen LogP contribution in [0.2, 0.25) is 0 Å². The maximum Gasteiger partial charge on any atom is 0.315 e. The van der Waals surface area contributed by atoms with Crippen LogP contribution in [-0.2, 0) is 11.2 Å². The molecule has 1 saturated carbocycles. The molecule has 1 aromatic rings. The lowest BCUT2D eigenvalue weighted by atomic mass is 10.1. The van der Waals surface area contributed by atoms with Crippen molar-refractivity contribution >= 4 is 11.9 Å². The maximum atomic E-state index is 11.6. The first-order valence-electron chi connectivity index (χ1n) is 7.11. The second-order valence-corrected chi connectivity index (χ2v) is 5.05. The van der Waals surface area contributed by atoms with Gasteiger partial charge in [-0.2, -0.15) is 0 Å². The standard InChI is InChI=1S/C15H21N3O3/c1-21-13-6-2-11(3-7-13)8-9-16-14(19)10-17-15(20)18-12-4-5-12/h2-3,6-7,12H,4-5,8-10H2,1H3,(H,16,19)(H2,17,18,20). The molecule has 0 atom stereocenters. The van der Waals surface area contributed by atoms with Gasteiger partial charge in [-0.05, 0) is 37.0 Å². The Morgan fingerprint density at radius 3 is 2.52 bits per heavy atom. The number of methoxy groups -OCH3 is 1. The fraction of sp³-hybridized carbons (Fsp3) is 0.467. The van der Waals surface area contributed by atoms with E-state index in [1.165, 1.54) is 0 Å². The summed E-state index contributed by atoms with van der Waals surface area (Å²) in [4.78, 5) is 22.9. The first kappa shape index (κ1) is 15.2. The third-order valence-electron chi connectivity index (χ3n) is 3.22. The van der Waals surface area contributed by atoms with E-state index in [9.17, 15) is 9.59 Å². The second kappa shape index (κ2) is 7.52. The van der Waals surface area contributed by atoms with Gasteiger partial charge >= 0.3 is 6.03 Å². The molecule has 3 amide bonds. The minimum atomic E-state index is -0.275. The summed E-state index contributed by atoms with van der Waals surface area (Å²) < 4.78 is 5.08. The molecule has 3 N–H and O–H groups in total. The van der Waals surface area contributed by atoms with Gasteiger partial charge in [-0.3, -0.25) is 4.79 Å². The zero-order chi connectivity index (χ0) is 15.1. The van der Waals surface area contributed by atoms with Crippen LogP contribution >= 0.6 is 0 Å². The third-order valence-corrected chi connectivity index (χ3v) is 3.22. The summed E-state index contributed by atoms with van der Waals surface area (Å²) in [6.45, 7) is 0.540. The van der Waals surface area contributed by atoms with Crippen molar-refractivity contribution in [1.29, 1.82) is 0 Å². The van der Waals surface area contributed by atoms with E-state index in [2.05, 4.69) is 16.0 Å². The molecule has 6 heteroatoms. The molecule has 0 saturated heterocycles. The fourth-order valence-corrected chi connectivity index (χ4v) is 1.83. The average Bonchev–Trinajstić information content (AvgIpc) is 3.30. The Morgan fingerprint density at radius 2 is 1.90 bits per heavy atom. The van der Waals surface area contributed by atoms with Gasteiger partial charge in [-0.1, -0.05) is 12.1 Å². The van der Waals surface area contributed by atoms with Crippen LogP contribution in [0.3, 0.4) is 0 Å². The molecule has 114 valence electrons. The van der Waals surface area contributed by atoms with E-state index >= 15 is 0 Å². The summed E-state index contributed by atoms with van der Waals surface area (Å²) in [6, 6.07) is 7.73. The molecule has 0 unspecified atom stereocenters. The number of benzene rings is 1. The summed E-state index contributed by atoms with van der Waals surface area (Å²) in [7, 11) is 1.63. The number of rotatable bonds is 7. The highest BCUT2D eigenvalue weighted by Crippen LogP contribution is 2.18. The molecular formula is C15H21N3O3. The van der Waals surface area contributed by atoms with Gasteiger partial charge in [-0.15, -0.1) is 0 Å². The number of hydrogen-bond acceptors (Lipinski definition) is 3. The number of carbonyl (C=O) groups is 2. The van der Waals surface area contributed by atoms with Crippen LogP contribution in [0.4, 0.5) is 4.79 Å². The second-order valence-electron chi connectivity index (χ2n) is 5.05. The predicted octanol–water partition coefficient (Wildman–Crippen LogP) is 0.815. The summed E-state index contributed by atoms with van der Waals surface area (Å²) in [5.74, 6) is 0.628. The monoisotopic (exact) mass is 291 g/mol. The zero-order valence-corrected chi connectivity index (χ0v) is 12.1. The Labute approximate surface area is 124 Å². The smallest absolute Gasteiger partial charge is 0.315 e. The molecule has 2 rings (SSSR count). The highest BCUT2D eigenvalue weighted by molar-refractivity contribution is 5.84. The quantitative estimate of drug-likeness (QED) is 0.696. The van der Waals surface area contributed by atoms with Crippen molar-refractivity contribution in [2.45, 2.75) is 25.3 Å². The predicted molar refractivity (Wildman–Crippen MR) is 79.3 cm³/mol. The van der Waals surface area contributed by atoms with Crippen molar-refractivity contribution in [3.63, 3.8) is 0 Å². The Kier molecular flexibility index (Phi) is 5.43. The van der Waals surface area contributed by atoms with E-state index < -0.39 is 0 Å². The van der Waals surface area contributed by atoms with Crippen molar-refractivity contribution in [2.75, 3.05) is 20.2 Å². The topological polar surface area (TPSA) is 79.5 Å². The van der Waals surface area contributed by atoms with Gasteiger partial charge in [0.2, 0.25) is 5.91 Å². The van der Waals surface area contributed by atoms with Gasteiger partial charge in [0.1, 0.15) is 5.75 Å². The van der Waals surface area contributed by atoms with Gasteiger partial charge in [0, 0.05) is 12.6 Å². The van der Waals surface area contributed by atoms with Crippen LogP contribution in [0, 0.1) is 0 Å². The molecule has 1 aliphatic rings. The van der Waals surface area contributed by atoms with E-state index in [0.717, 1.165) is 30.6 Å². The Balaban J connectivity index is 1.58. The SMILES string of the molecule is COc1ccc(CCNC(=O)CNC(=O)NC2CC2)cc1. The van der Waals surface area contributed by atoms with E-state index in [0.29, 0.717) is 12.6 Å². The van der Waals surface area contributed by atoms with E-state index in [1.54, 1.807) is 7.11 Å². The molecule has 0 bridgehead atoms. The molecule has 0 radical (unpaired) electrons. The first-order chi connectivity index (χ1) is 10.2. The lowest BCUT2D eigenvalue weighted by Gasteiger charge is -2.08. The average molecular weight is 291 g/mol. The summed E-state index contributed by atoms with van der Waals surface area (Å²) in [6.07, 6.45) is 2.80. The molecule has 0 aromatic heterocycles. The maximum absolute atomic E-state index is 11.6. The molecule has 0 heterocycles. The van der Waals surface area contributed by atoms with Gasteiger partial charge in [0.05, 0.1) is 13.7 Å².